The maximum Gasteiger partial charge on any atom is 0.218 e. The first-order valence-electron chi connectivity index (χ1n) is 3.95. The van der Waals surface area contributed by atoms with E-state index in [0.29, 0.717) is 0 Å². The molecule has 1 saturated heterocycles. The summed E-state index contributed by atoms with van der Waals surface area (Å²) in [6.45, 7) is 1.16. The molecule has 1 rings (SSSR count). The van der Waals surface area contributed by atoms with Gasteiger partial charge in [0, 0.05) is 6.92 Å². The minimum atomic E-state index is -1.30. The topological polar surface area (TPSA) is 99.0 Å². The Kier molecular flexibility index (Phi) is 3.21. The van der Waals surface area contributed by atoms with Crippen LogP contribution in [0.25, 0.3) is 0 Å². The van der Waals surface area contributed by atoms with E-state index in [1.54, 1.807) is 0 Å². The molecule has 0 saturated carbocycles. The molecule has 1 fully saturated rings. The highest BCUT2D eigenvalue weighted by molar-refractivity contribution is 5.73. The van der Waals surface area contributed by atoms with Crippen molar-refractivity contribution in [2.75, 3.05) is 6.61 Å². The van der Waals surface area contributed by atoms with Crippen molar-refractivity contribution in [2.45, 2.75) is 31.5 Å². The summed E-state index contributed by atoms with van der Waals surface area (Å²) in [6.07, 6.45) is -4.64. The van der Waals surface area contributed by atoms with E-state index in [1.807, 2.05) is 0 Å². The van der Waals surface area contributed by atoms with Crippen LogP contribution in [-0.4, -0.2) is 52.4 Å². The average molecular weight is 191 g/mol. The first-order chi connectivity index (χ1) is 6.02. The highest BCUT2D eigenvalue weighted by atomic mass is 16.5. The van der Waals surface area contributed by atoms with Gasteiger partial charge in [-0.25, -0.2) is 0 Å². The quantitative estimate of drug-likeness (QED) is 0.369. The van der Waals surface area contributed by atoms with Crippen LogP contribution in [0.4, 0.5) is 0 Å². The van der Waals surface area contributed by atoms with Crippen LogP contribution >= 0.6 is 0 Å². The molecular weight excluding hydrogens is 178 g/mol. The van der Waals surface area contributed by atoms with Gasteiger partial charge in [0.05, 0.1) is 6.61 Å². The van der Waals surface area contributed by atoms with Crippen molar-refractivity contribution >= 4 is 5.91 Å². The Bertz CT molecular complexity index is 197. The SMILES string of the molecule is CC(=O)N[C@H]1OC[C@H](O)[C@H](O)[C@H]1O. The minimum absolute atomic E-state index is 0.108. The van der Waals surface area contributed by atoms with Crippen molar-refractivity contribution in [3.05, 3.63) is 0 Å². The zero-order chi connectivity index (χ0) is 10.0. The van der Waals surface area contributed by atoms with E-state index < -0.39 is 24.5 Å². The number of aliphatic hydroxyl groups excluding tert-OH is 3. The second-order valence-corrected chi connectivity index (χ2v) is 3.00. The molecule has 0 radical (unpaired) electrons. The second kappa shape index (κ2) is 4.01. The lowest BCUT2D eigenvalue weighted by molar-refractivity contribution is -0.196. The van der Waals surface area contributed by atoms with Gasteiger partial charge in [-0.3, -0.25) is 4.79 Å². The first kappa shape index (κ1) is 10.4. The summed E-state index contributed by atoms with van der Waals surface area (Å²) in [5.74, 6) is -0.368. The molecule has 6 nitrogen and oxygen atoms in total. The molecule has 0 unspecified atom stereocenters. The Labute approximate surface area is 75.1 Å². The minimum Gasteiger partial charge on any atom is -0.388 e. The number of amides is 1. The predicted octanol–water partition coefficient (Wildman–Crippen LogP) is -2.44. The molecule has 1 amide bonds. The molecule has 4 atom stereocenters. The van der Waals surface area contributed by atoms with Crippen molar-refractivity contribution < 1.29 is 24.9 Å². The van der Waals surface area contributed by atoms with Gasteiger partial charge in [0.1, 0.15) is 18.3 Å². The molecule has 0 aromatic carbocycles. The predicted molar refractivity (Wildman–Crippen MR) is 41.6 cm³/mol. The van der Waals surface area contributed by atoms with E-state index in [1.165, 1.54) is 6.92 Å². The van der Waals surface area contributed by atoms with Gasteiger partial charge in [0.2, 0.25) is 5.91 Å². The third-order valence-corrected chi connectivity index (χ3v) is 1.85. The van der Waals surface area contributed by atoms with E-state index in [0.717, 1.165) is 0 Å². The van der Waals surface area contributed by atoms with Crippen molar-refractivity contribution in [3.8, 4) is 0 Å². The van der Waals surface area contributed by atoms with Gasteiger partial charge in [-0.15, -0.1) is 0 Å². The summed E-state index contributed by atoms with van der Waals surface area (Å²) in [6, 6.07) is 0. The van der Waals surface area contributed by atoms with Crippen LogP contribution in [0.2, 0.25) is 0 Å². The number of hydrogen-bond acceptors (Lipinski definition) is 5. The van der Waals surface area contributed by atoms with Crippen molar-refractivity contribution in [1.29, 1.82) is 0 Å². The van der Waals surface area contributed by atoms with Crippen LogP contribution in [0, 0.1) is 0 Å². The van der Waals surface area contributed by atoms with E-state index in [2.05, 4.69) is 5.32 Å². The Morgan fingerprint density at radius 1 is 1.38 bits per heavy atom. The van der Waals surface area contributed by atoms with E-state index >= 15 is 0 Å². The third-order valence-electron chi connectivity index (χ3n) is 1.85. The molecular formula is C7H13NO5. The standard InChI is InChI=1S/C7H13NO5/c1-3(9)8-7-6(12)5(11)4(10)2-13-7/h4-7,10-12H,2H2,1H3,(H,8,9)/t4-,5-,6+,7-/m0/s1. The van der Waals surface area contributed by atoms with Crippen LogP contribution in [0.5, 0.6) is 0 Å². The Morgan fingerprint density at radius 3 is 2.54 bits per heavy atom. The number of carbonyl (C=O) groups is 1. The molecule has 0 bridgehead atoms. The van der Waals surface area contributed by atoms with Gasteiger partial charge < -0.3 is 25.4 Å². The maximum atomic E-state index is 10.6. The zero-order valence-corrected chi connectivity index (χ0v) is 7.17. The summed E-state index contributed by atoms with van der Waals surface area (Å²) in [4.78, 5) is 10.6. The van der Waals surface area contributed by atoms with Gasteiger partial charge in [-0.2, -0.15) is 0 Å². The lowest BCUT2D eigenvalue weighted by Crippen LogP contribution is -2.58. The van der Waals surface area contributed by atoms with Gasteiger partial charge in [0.15, 0.2) is 6.23 Å². The monoisotopic (exact) mass is 191 g/mol. The van der Waals surface area contributed by atoms with E-state index in [4.69, 9.17) is 9.84 Å². The van der Waals surface area contributed by atoms with Crippen LogP contribution in [0.15, 0.2) is 0 Å². The molecule has 4 N–H and O–H groups in total. The molecule has 1 aliphatic heterocycles. The van der Waals surface area contributed by atoms with E-state index in [-0.39, 0.29) is 12.5 Å². The second-order valence-electron chi connectivity index (χ2n) is 3.00. The largest absolute Gasteiger partial charge is 0.388 e. The van der Waals surface area contributed by atoms with Gasteiger partial charge in [-0.1, -0.05) is 0 Å². The molecule has 76 valence electrons. The summed E-state index contributed by atoms with van der Waals surface area (Å²) in [5, 5.41) is 29.9. The number of rotatable bonds is 1. The molecule has 1 aliphatic rings. The molecule has 0 aromatic rings. The number of carbonyl (C=O) groups excluding carboxylic acids is 1. The Hall–Kier alpha value is -0.690. The smallest absolute Gasteiger partial charge is 0.218 e. The fraction of sp³-hybridized carbons (Fsp3) is 0.857. The molecule has 0 aliphatic carbocycles. The number of nitrogens with one attached hydrogen (secondary N) is 1. The highest BCUT2D eigenvalue weighted by Crippen LogP contribution is 2.13. The summed E-state index contributed by atoms with van der Waals surface area (Å²) < 4.78 is 4.89. The fourth-order valence-corrected chi connectivity index (χ4v) is 1.13. The van der Waals surface area contributed by atoms with Gasteiger partial charge in [-0.05, 0) is 0 Å². The molecule has 0 aromatic heterocycles. The normalized spacial score (nSPS) is 40.0. The van der Waals surface area contributed by atoms with Crippen LogP contribution in [-0.2, 0) is 9.53 Å². The highest BCUT2D eigenvalue weighted by Gasteiger charge is 2.37. The molecule has 13 heavy (non-hydrogen) atoms. The van der Waals surface area contributed by atoms with Gasteiger partial charge >= 0.3 is 0 Å². The lowest BCUT2D eigenvalue weighted by Gasteiger charge is -2.35. The molecule has 6 heteroatoms. The van der Waals surface area contributed by atoms with Crippen molar-refractivity contribution in [3.63, 3.8) is 0 Å². The van der Waals surface area contributed by atoms with Crippen molar-refractivity contribution in [2.24, 2.45) is 0 Å². The summed E-state index contributed by atoms with van der Waals surface area (Å²) in [5.41, 5.74) is 0. The molecule has 1 heterocycles. The van der Waals surface area contributed by atoms with Crippen LogP contribution in [0.3, 0.4) is 0 Å². The number of hydrogen-bond donors (Lipinski definition) is 4. The Morgan fingerprint density at radius 2 is 2.00 bits per heavy atom. The average Bonchev–Trinajstić information content (AvgIpc) is 2.06. The van der Waals surface area contributed by atoms with Gasteiger partial charge in [0.25, 0.3) is 0 Å². The fourth-order valence-electron chi connectivity index (χ4n) is 1.13. The Balaban J connectivity index is 2.53. The zero-order valence-electron chi connectivity index (χ0n) is 7.17. The summed E-state index contributed by atoms with van der Waals surface area (Å²) in [7, 11) is 0. The first-order valence-corrected chi connectivity index (χ1v) is 3.95. The molecule has 0 spiro atoms. The van der Waals surface area contributed by atoms with Crippen molar-refractivity contribution in [1.82, 2.24) is 5.32 Å². The number of ether oxygens (including phenoxy) is 1. The third kappa shape index (κ3) is 2.38. The van der Waals surface area contributed by atoms with E-state index in [9.17, 15) is 15.0 Å². The van der Waals surface area contributed by atoms with Crippen LogP contribution < -0.4 is 5.32 Å². The maximum absolute atomic E-state index is 10.6. The summed E-state index contributed by atoms with van der Waals surface area (Å²) >= 11 is 0. The number of aliphatic hydroxyl groups is 3. The lowest BCUT2D eigenvalue weighted by atomic mass is 10.0. The van der Waals surface area contributed by atoms with Crippen LogP contribution in [0.1, 0.15) is 6.92 Å².